The van der Waals surface area contributed by atoms with Gasteiger partial charge in [-0.2, -0.15) is 5.10 Å². The SMILES string of the molecule is O=C(c1ncccn1)N1CCC(C(=O)N2N=CCC2c2ccccc2)CC1. The van der Waals surface area contributed by atoms with Gasteiger partial charge in [0, 0.05) is 44.0 Å². The molecular weight excluding hydrogens is 342 g/mol. The second kappa shape index (κ2) is 7.65. The third-order valence-electron chi connectivity index (χ3n) is 5.13. The number of aromatic nitrogens is 2. The van der Waals surface area contributed by atoms with Gasteiger partial charge in [-0.15, -0.1) is 0 Å². The molecule has 1 fully saturated rings. The van der Waals surface area contributed by atoms with E-state index in [0.29, 0.717) is 25.9 Å². The van der Waals surface area contributed by atoms with Crippen LogP contribution in [0.2, 0.25) is 0 Å². The van der Waals surface area contributed by atoms with Gasteiger partial charge >= 0.3 is 0 Å². The standard InChI is InChI=1S/C20H21N5O2/c26-19(25-17(7-12-23-25)15-5-2-1-3-6-15)16-8-13-24(14-9-16)20(27)18-21-10-4-11-22-18/h1-6,10-12,16-17H,7-9,13-14H2. The quantitative estimate of drug-likeness (QED) is 0.838. The van der Waals surface area contributed by atoms with Crippen molar-refractivity contribution < 1.29 is 9.59 Å². The van der Waals surface area contributed by atoms with Crippen LogP contribution in [0.5, 0.6) is 0 Å². The van der Waals surface area contributed by atoms with Gasteiger partial charge in [0.1, 0.15) is 0 Å². The first-order valence-electron chi connectivity index (χ1n) is 9.21. The Morgan fingerprint density at radius 1 is 0.963 bits per heavy atom. The van der Waals surface area contributed by atoms with Crippen molar-refractivity contribution in [1.29, 1.82) is 0 Å². The molecular formula is C20H21N5O2. The minimum Gasteiger partial charge on any atom is -0.336 e. The lowest BCUT2D eigenvalue weighted by atomic mass is 9.94. The molecule has 1 atom stereocenters. The topological polar surface area (TPSA) is 78.8 Å². The Morgan fingerprint density at radius 2 is 1.67 bits per heavy atom. The van der Waals surface area contributed by atoms with Crippen LogP contribution in [0.4, 0.5) is 0 Å². The van der Waals surface area contributed by atoms with Crippen LogP contribution in [0, 0.1) is 5.92 Å². The van der Waals surface area contributed by atoms with E-state index in [1.807, 2.05) is 30.3 Å². The smallest absolute Gasteiger partial charge is 0.291 e. The lowest BCUT2D eigenvalue weighted by molar-refractivity contribution is -0.138. The van der Waals surface area contributed by atoms with Crippen LogP contribution in [0.1, 0.15) is 41.5 Å². The summed E-state index contributed by atoms with van der Waals surface area (Å²) in [6.07, 6.45) is 6.92. The molecule has 0 spiro atoms. The van der Waals surface area contributed by atoms with Crippen LogP contribution in [0.25, 0.3) is 0 Å². The minimum atomic E-state index is -0.178. The molecule has 2 amide bonds. The molecule has 0 aliphatic carbocycles. The number of carbonyl (C=O) groups excluding carboxylic acids is 2. The van der Waals surface area contributed by atoms with Gasteiger partial charge in [0.05, 0.1) is 6.04 Å². The normalized spacial score (nSPS) is 20.1. The van der Waals surface area contributed by atoms with Gasteiger partial charge in [-0.05, 0) is 24.5 Å². The van der Waals surface area contributed by atoms with E-state index in [0.717, 1.165) is 12.0 Å². The second-order valence-corrected chi connectivity index (χ2v) is 6.78. The Kier molecular flexibility index (Phi) is 4.91. The molecule has 7 heteroatoms. The van der Waals surface area contributed by atoms with Gasteiger partial charge in [0.15, 0.2) is 0 Å². The van der Waals surface area contributed by atoms with Crippen molar-refractivity contribution in [2.75, 3.05) is 13.1 Å². The molecule has 4 rings (SSSR count). The largest absolute Gasteiger partial charge is 0.336 e. The van der Waals surface area contributed by atoms with Gasteiger partial charge in [-0.3, -0.25) is 9.59 Å². The number of benzene rings is 1. The number of amides is 2. The summed E-state index contributed by atoms with van der Waals surface area (Å²) in [6, 6.07) is 11.6. The fourth-order valence-electron chi connectivity index (χ4n) is 3.65. The Hall–Kier alpha value is -3.09. The third kappa shape index (κ3) is 3.58. The van der Waals surface area contributed by atoms with E-state index >= 15 is 0 Å². The molecule has 1 saturated heterocycles. The third-order valence-corrected chi connectivity index (χ3v) is 5.13. The van der Waals surface area contributed by atoms with Gasteiger partial charge in [-0.25, -0.2) is 15.0 Å². The van der Waals surface area contributed by atoms with E-state index in [1.165, 1.54) is 0 Å². The Balaban J connectivity index is 1.38. The van der Waals surface area contributed by atoms with E-state index in [-0.39, 0.29) is 29.6 Å². The van der Waals surface area contributed by atoms with Crippen molar-refractivity contribution in [3.05, 3.63) is 60.2 Å². The van der Waals surface area contributed by atoms with Gasteiger partial charge < -0.3 is 4.90 Å². The van der Waals surface area contributed by atoms with Crippen molar-refractivity contribution in [2.24, 2.45) is 11.0 Å². The number of rotatable bonds is 3. The molecule has 1 unspecified atom stereocenters. The molecule has 2 aromatic rings. The summed E-state index contributed by atoms with van der Waals surface area (Å²) in [7, 11) is 0. The molecule has 27 heavy (non-hydrogen) atoms. The first kappa shape index (κ1) is 17.3. The number of hydrogen-bond acceptors (Lipinski definition) is 5. The number of carbonyl (C=O) groups is 2. The van der Waals surface area contributed by atoms with Crippen LogP contribution < -0.4 is 0 Å². The van der Waals surface area contributed by atoms with Crippen molar-refractivity contribution in [3.63, 3.8) is 0 Å². The van der Waals surface area contributed by atoms with Gasteiger partial charge in [-0.1, -0.05) is 30.3 Å². The van der Waals surface area contributed by atoms with E-state index in [1.54, 1.807) is 34.6 Å². The van der Waals surface area contributed by atoms with E-state index < -0.39 is 0 Å². The summed E-state index contributed by atoms with van der Waals surface area (Å²) in [5.74, 6) is -0.0497. The number of hydrogen-bond donors (Lipinski definition) is 0. The van der Waals surface area contributed by atoms with E-state index in [2.05, 4.69) is 15.1 Å². The monoisotopic (exact) mass is 363 g/mol. The highest BCUT2D eigenvalue weighted by molar-refractivity contribution is 5.90. The zero-order valence-corrected chi connectivity index (χ0v) is 14.9. The molecule has 2 aliphatic heterocycles. The predicted octanol–water partition coefficient (Wildman–Crippen LogP) is 2.29. The minimum absolute atomic E-state index is 0.0314. The summed E-state index contributed by atoms with van der Waals surface area (Å²) < 4.78 is 0. The Bertz CT molecular complexity index is 832. The number of likely N-dealkylation sites (tertiary alicyclic amines) is 1. The molecule has 0 saturated carbocycles. The number of piperidine rings is 1. The highest BCUT2D eigenvalue weighted by Crippen LogP contribution is 2.31. The van der Waals surface area contributed by atoms with Crippen LogP contribution in [-0.4, -0.2) is 51.0 Å². The fourth-order valence-corrected chi connectivity index (χ4v) is 3.65. The molecule has 0 radical (unpaired) electrons. The average molecular weight is 363 g/mol. The molecule has 1 aromatic carbocycles. The van der Waals surface area contributed by atoms with Crippen LogP contribution in [0.3, 0.4) is 0 Å². The van der Waals surface area contributed by atoms with Crippen molar-refractivity contribution in [1.82, 2.24) is 19.9 Å². The molecule has 0 bridgehead atoms. The molecule has 3 heterocycles. The summed E-state index contributed by atoms with van der Waals surface area (Å²) in [5.41, 5.74) is 1.09. The fraction of sp³-hybridized carbons (Fsp3) is 0.350. The van der Waals surface area contributed by atoms with Crippen molar-refractivity contribution >= 4 is 18.0 Å². The van der Waals surface area contributed by atoms with Crippen LogP contribution in [-0.2, 0) is 4.79 Å². The summed E-state index contributed by atoms with van der Waals surface area (Å²) in [6.45, 7) is 1.06. The maximum Gasteiger partial charge on any atom is 0.291 e. The van der Waals surface area contributed by atoms with Crippen molar-refractivity contribution in [3.8, 4) is 0 Å². The van der Waals surface area contributed by atoms with Crippen LogP contribution in [0.15, 0.2) is 53.9 Å². The average Bonchev–Trinajstić information content (AvgIpc) is 3.24. The molecule has 0 N–H and O–H groups in total. The zero-order valence-electron chi connectivity index (χ0n) is 14.9. The van der Waals surface area contributed by atoms with Crippen molar-refractivity contribution in [2.45, 2.75) is 25.3 Å². The van der Waals surface area contributed by atoms with Gasteiger partial charge in [0.25, 0.3) is 5.91 Å². The lowest BCUT2D eigenvalue weighted by Crippen LogP contribution is -2.43. The van der Waals surface area contributed by atoms with Gasteiger partial charge in [0.2, 0.25) is 11.7 Å². The predicted molar refractivity (Wildman–Crippen MR) is 99.8 cm³/mol. The number of nitrogens with zero attached hydrogens (tertiary/aromatic N) is 5. The summed E-state index contributed by atoms with van der Waals surface area (Å²) in [4.78, 5) is 35.2. The first-order valence-corrected chi connectivity index (χ1v) is 9.21. The maximum absolute atomic E-state index is 13.0. The summed E-state index contributed by atoms with van der Waals surface area (Å²) in [5, 5.41) is 5.95. The van der Waals surface area contributed by atoms with E-state index in [4.69, 9.17) is 0 Å². The highest BCUT2D eigenvalue weighted by Gasteiger charge is 2.35. The maximum atomic E-state index is 13.0. The number of hydrazone groups is 1. The molecule has 2 aliphatic rings. The van der Waals surface area contributed by atoms with E-state index in [9.17, 15) is 9.59 Å². The van der Waals surface area contributed by atoms with Crippen LogP contribution >= 0.6 is 0 Å². The Labute approximate surface area is 157 Å². The molecule has 1 aromatic heterocycles. The first-order chi connectivity index (χ1) is 13.2. The Morgan fingerprint density at radius 3 is 2.37 bits per heavy atom. The lowest BCUT2D eigenvalue weighted by Gasteiger charge is -2.33. The second-order valence-electron chi connectivity index (χ2n) is 6.78. The zero-order chi connectivity index (χ0) is 18.6. The molecule has 7 nitrogen and oxygen atoms in total. The highest BCUT2D eigenvalue weighted by atomic mass is 16.2. The molecule has 138 valence electrons. The summed E-state index contributed by atoms with van der Waals surface area (Å²) >= 11 is 0.